The number of aliphatic imine (C=N–C) groups is 1. The number of hydrogen-bond acceptors (Lipinski definition) is 4. The molecule has 0 radical (unpaired) electrons. The fourth-order valence-corrected chi connectivity index (χ4v) is 2.57. The molecule has 22 heavy (non-hydrogen) atoms. The number of ether oxygens (including phenoxy) is 1. The molecule has 0 saturated heterocycles. The van der Waals surface area contributed by atoms with Crippen molar-refractivity contribution in [1.82, 2.24) is 10.2 Å². The number of aromatic nitrogens is 2. The van der Waals surface area contributed by atoms with Crippen LogP contribution in [0, 0.1) is 0 Å². The van der Waals surface area contributed by atoms with Crippen LogP contribution in [0.15, 0.2) is 46.0 Å². The molecule has 0 aliphatic heterocycles. The maximum Gasteiger partial charge on any atom is 0.166 e. The smallest absolute Gasteiger partial charge is 0.166 e. The predicted octanol–water partition coefficient (Wildman–Crippen LogP) is 4.18. The quantitative estimate of drug-likeness (QED) is 0.686. The maximum atomic E-state index is 10.2. The third-order valence-corrected chi connectivity index (χ3v) is 3.60. The lowest BCUT2D eigenvalue weighted by Gasteiger charge is -2.08. The van der Waals surface area contributed by atoms with Gasteiger partial charge in [-0.05, 0) is 37.3 Å². The van der Waals surface area contributed by atoms with Gasteiger partial charge in [-0.15, -0.1) is 0 Å². The number of fused-ring (bicyclic) bond motifs is 1. The van der Waals surface area contributed by atoms with Crippen molar-refractivity contribution in [2.45, 2.75) is 6.92 Å². The van der Waals surface area contributed by atoms with Crippen LogP contribution >= 0.6 is 15.9 Å². The van der Waals surface area contributed by atoms with Crippen molar-refractivity contribution in [3.63, 3.8) is 0 Å². The lowest BCUT2D eigenvalue weighted by molar-refractivity contribution is 0.317. The van der Waals surface area contributed by atoms with Gasteiger partial charge in [0.25, 0.3) is 0 Å². The number of phenolic OH excluding ortho intramolecular Hbond substituents is 1. The molecule has 0 unspecified atom stereocenters. The molecule has 2 N–H and O–H groups in total. The zero-order chi connectivity index (χ0) is 15.5. The molecule has 1 heterocycles. The van der Waals surface area contributed by atoms with Crippen molar-refractivity contribution in [3.8, 4) is 11.5 Å². The summed E-state index contributed by atoms with van der Waals surface area (Å²) in [5.74, 6) is 0.516. The van der Waals surface area contributed by atoms with Crippen molar-refractivity contribution in [2.75, 3.05) is 6.61 Å². The molecule has 0 aliphatic carbocycles. The highest BCUT2D eigenvalue weighted by atomic mass is 79.9. The largest absolute Gasteiger partial charge is 0.504 e. The van der Waals surface area contributed by atoms with Crippen molar-refractivity contribution in [1.29, 1.82) is 0 Å². The lowest BCUT2D eigenvalue weighted by atomic mass is 10.2. The summed E-state index contributed by atoms with van der Waals surface area (Å²) in [6.45, 7) is 2.35. The van der Waals surface area contributed by atoms with E-state index < -0.39 is 0 Å². The minimum absolute atomic E-state index is 0.0817. The number of rotatable bonds is 4. The van der Waals surface area contributed by atoms with Crippen molar-refractivity contribution in [3.05, 3.63) is 46.6 Å². The van der Waals surface area contributed by atoms with Gasteiger partial charge in [0.15, 0.2) is 11.5 Å². The molecule has 1 aromatic heterocycles. The average Bonchev–Trinajstić information content (AvgIpc) is 2.97. The number of H-pyrrole nitrogens is 1. The molecule has 0 aliphatic rings. The molecule has 112 valence electrons. The number of hydrogen-bond donors (Lipinski definition) is 2. The first kappa shape index (κ1) is 14.6. The van der Waals surface area contributed by atoms with E-state index in [2.05, 4.69) is 31.1 Å². The van der Waals surface area contributed by atoms with Gasteiger partial charge in [0.05, 0.1) is 24.0 Å². The summed E-state index contributed by atoms with van der Waals surface area (Å²) < 4.78 is 6.22. The Bertz CT molecular complexity index is 843. The first-order chi connectivity index (χ1) is 10.7. The number of halogens is 1. The Morgan fingerprint density at radius 1 is 1.36 bits per heavy atom. The average molecular weight is 360 g/mol. The second-order valence-corrected chi connectivity index (χ2v) is 5.59. The van der Waals surface area contributed by atoms with Crippen LogP contribution in [0.4, 0.5) is 5.69 Å². The van der Waals surface area contributed by atoms with Crippen molar-refractivity contribution < 1.29 is 9.84 Å². The van der Waals surface area contributed by atoms with Gasteiger partial charge in [0.2, 0.25) is 0 Å². The Morgan fingerprint density at radius 2 is 2.23 bits per heavy atom. The fraction of sp³-hybridized carbons (Fsp3) is 0.125. The SMILES string of the molecule is CCOc1cc(Br)cc(C=Nc2ccc3[nH]ncc3c2)c1O. The predicted molar refractivity (Wildman–Crippen MR) is 90.3 cm³/mol. The van der Waals surface area contributed by atoms with Crippen LogP contribution in [-0.2, 0) is 0 Å². The molecular formula is C16H14BrN3O2. The van der Waals surface area contributed by atoms with E-state index in [-0.39, 0.29) is 5.75 Å². The monoisotopic (exact) mass is 359 g/mol. The second kappa shape index (κ2) is 6.19. The third kappa shape index (κ3) is 2.96. The van der Waals surface area contributed by atoms with Crippen molar-refractivity contribution in [2.24, 2.45) is 4.99 Å². The minimum atomic E-state index is 0.0817. The molecular weight excluding hydrogens is 346 g/mol. The topological polar surface area (TPSA) is 70.5 Å². The Labute approximate surface area is 135 Å². The zero-order valence-corrected chi connectivity index (χ0v) is 13.5. The van der Waals surface area contributed by atoms with Gasteiger partial charge in [-0.1, -0.05) is 15.9 Å². The number of nitrogens with one attached hydrogen (secondary N) is 1. The Kier molecular flexibility index (Phi) is 4.11. The zero-order valence-electron chi connectivity index (χ0n) is 11.9. The molecule has 0 saturated carbocycles. The summed E-state index contributed by atoms with van der Waals surface area (Å²) in [6, 6.07) is 9.25. The van der Waals surface area contributed by atoms with Crippen LogP contribution in [0.25, 0.3) is 10.9 Å². The van der Waals surface area contributed by atoms with E-state index in [0.29, 0.717) is 17.9 Å². The third-order valence-electron chi connectivity index (χ3n) is 3.15. The van der Waals surface area contributed by atoms with Crippen LogP contribution in [0.2, 0.25) is 0 Å². The summed E-state index contributed by atoms with van der Waals surface area (Å²) in [5, 5.41) is 18.1. The first-order valence-electron chi connectivity index (χ1n) is 6.80. The lowest BCUT2D eigenvalue weighted by Crippen LogP contribution is -1.94. The van der Waals surface area contributed by atoms with Gasteiger partial charge < -0.3 is 9.84 Å². The molecule has 6 heteroatoms. The summed E-state index contributed by atoms with van der Waals surface area (Å²) in [5.41, 5.74) is 2.33. The normalized spacial score (nSPS) is 11.4. The molecule has 0 bridgehead atoms. The summed E-state index contributed by atoms with van der Waals surface area (Å²) in [6.07, 6.45) is 3.36. The van der Waals surface area contributed by atoms with Crippen LogP contribution in [0.3, 0.4) is 0 Å². The molecule has 5 nitrogen and oxygen atoms in total. The second-order valence-electron chi connectivity index (χ2n) is 4.67. The first-order valence-corrected chi connectivity index (χ1v) is 7.59. The van der Waals surface area contributed by atoms with Gasteiger partial charge in [-0.3, -0.25) is 10.1 Å². The molecule has 0 atom stereocenters. The Balaban J connectivity index is 1.94. The van der Waals surface area contributed by atoms with Crippen LogP contribution in [0.1, 0.15) is 12.5 Å². The molecule has 0 spiro atoms. The highest BCUT2D eigenvalue weighted by Gasteiger charge is 2.08. The van der Waals surface area contributed by atoms with E-state index >= 15 is 0 Å². The fourth-order valence-electron chi connectivity index (χ4n) is 2.11. The highest BCUT2D eigenvalue weighted by Crippen LogP contribution is 2.33. The van der Waals surface area contributed by atoms with Crippen LogP contribution < -0.4 is 4.74 Å². The van der Waals surface area contributed by atoms with Gasteiger partial charge in [-0.25, -0.2) is 0 Å². The number of benzene rings is 2. The molecule has 0 amide bonds. The van der Waals surface area contributed by atoms with Crippen molar-refractivity contribution >= 4 is 38.7 Å². The highest BCUT2D eigenvalue weighted by molar-refractivity contribution is 9.10. The van der Waals surface area contributed by atoms with E-state index in [9.17, 15) is 5.11 Å². The molecule has 2 aromatic carbocycles. The summed E-state index contributed by atoms with van der Waals surface area (Å²) >= 11 is 3.41. The minimum Gasteiger partial charge on any atom is -0.504 e. The van der Waals surface area contributed by atoms with E-state index in [0.717, 1.165) is 21.1 Å². The summed E-state index contributed by atoms with van der Waals surface area (Å²) in [7, 11) is 0. The van der Waals surface area contributed by atoms with E-state index in [1.54, 1.807) is 24.5 Å². The van der Waals surface area contributed by atoms with Gasteiger partial charge in [0, 0.05) is 21.6 Å². The number of aromatic amines is 1. The van der Waals surface area contributed by atoms with Gasteiger partial charge in [0.1, 0.15) is 0 Å². The standard InChI is InChI=1S/C16H14BrN3O2/c1-2-22-15-7-12(17)5-11(16(15)21)8-18-13-3-4-14-10(6-13)9-19-20-14/h3-9,21H,2H2,1H3,(H,19,20). The molecule has 3 aromatic rings. The molecule has 3 rings (SSSR count). The maximum absolute atomic E-state index is 10.2. The van der Waals surface area contributed by atoms with Crippen LogP contribution in [-0.4, -0.2) is 28.1 Å². The number of phenols is 1. The molecule has 0 fully saturated rings. The van der Waals surface area contributed by atoms with E-state index in [4.69, 9.17) is 4.74 Å². The van der Waals surface area contributed by atoms with Crippen LogP contribution in [0.5, 0.6) is 11.5 Å². The van der Waals surface area contributed by atoms with Gasteiger partial charge in [-0.2, -0.15) is 5.10 Å². The number of aromatic hydroxyl groups is 1. The van der Waals surface area contributed by atoms with Gasteiger partial charge >= 0.3 is 0 Å². The van der Waals surface area contributed by atoms with E-state index in [1.165, 1.54) is 0 Å². The number of nitrogens with zero attached hydrogens (tertiary/aromatic N) is 2. The Morgan fingerprint density at radius 3 is 3.05 bits per heavy atom. The van der Waals surface area contributed by atoms with E-state index in [1.807, 2.05) is 25.1 Å². The Hall–Kier alpha value is -2.34. The summed E-state index contributed by atoms with van der Waals surface area (Å²) in [4.78, 5) is 4.41.